The van der Waals surface area contributed by atoms with Crippen molar-refractivity contribution in [2.75, 3.05) is 4.90 Å². The molecule has 0 atom stereocenters. The van der Waals surface area contributed by atoms with Gasteiger partial charge in [0.25, 0.3) is 0 Å². The minimum atomic E-state index is -0.195. The molecule has 0 fully saturated rings. The maximum atomic E-state index is 7.35. The summed E-state index contributed by atoms with van der Waals surface area (Å²) in [5.74, 6) is 0. The van der Waals surface area contributed by atoms with Gasteiger partial charge in [0.2, 0.25) is 0 Å². The van der Waals surface area contributed by atoms with Crippen molar-refractivity contribution in [2.45, 2.75) is 78.6 Å². The number of hydrogen-bond acceptors (Lipinski definition) is 2. The minimum Gasteiger partial charge on any atom is -0.466 e. The first-order chi connectivity index (χ1) is 29.2. The van der Waals surface area contributed by atoms with Gasteiger partial charge in [-0.05, 0) is 105 Å². The smallest absolute Gasteiger partial charge is 0.375 e. The van der Waals surface area contributed by atoms with E-state index in [0.29, 0.717) is 0 Å². The molecule has 7 aromatic carbocycles. The van der Waals surface area contributed by atoms with E-state index < -0.39 is 0 Å². The van der Waals surface area contributed by atoms with Crippen LogP contribution < -0.4 is 16.0 Å². The molecule has 0 bridgehead atoms. The predicted molar refractivity (Wildman–Crippen MR) is 260 cm³/mol. The molecule has 0 N–H and O–H groups in total. The molecule has 298 valence electrons. The Morgan fingerprint density at radius 2 is 1.13 bits per heavy atom. The van der Waals surface area contributed by atoms with E-state index in [1.54, 1.807) is 0 Å². The summed E-state index contributed by atoms with van der Waals surface area (Å²) in [7, 11) is 0. The summed E-state index contributed by atoms with van der Waals surface area (Å²) in [4.78, 5) is 2.53. The highest BCUT2D eigenvalue weighted by molar-refractivity contribution is 6.89. The number of aromatic nitrogens is 2. The average Bonchev–Trinajstić information content (AvgIpc) is 3.90. The van der Waals surface area contributed by atoms with Crippen molar-refractivity contribution in [3.63, 3.8) is 0 Å². The maximum Gasteiger partial charge on any atom is 0.375 e. The van der Waals surface area contributed by atoms with Crippen molar-refractivity contribution in [1.82, 2.24) is 9.05 Å². The summed E-state index contributed by atoms with van der Waals surface area (Å²) in [5, 5.41) is 6.26. The zero-order valence-corrected chi connectivity index (χ0v) is 36.6. The fourth-order valence-electron chi connectivity index (χ4n) is 10.6. The lowest BCUT2D eigenvalue weighted by molar-refractivity contribution is 0.590. The second-order valence-corrected chi connectivity index (χ2v) is 20.6. The first kappa shape index (κ1) is 36.4. The summed E-state index contributed by atoms with van der Waals surface area (Å²) >= 11 is 0. The highest BCUT2D eigenvalue weighted by Crippen LogP contribution is 2.51. The molecule has 61 heavy (non-hydrogen) atoms. The first-order valence-electron chi connectivity index (χ1n) is 21.9. The molecule has 0 radical (unpaired) electrons. The van der Waals surface area contributed by atoms with E-state index >= 15 is 0 Å². The Morgan fingerprint density at radius 3 is 1.87 bits per heavy atom. The summed E-state index contributed by atoms with van der Waals surface area (Å²) in [6.07, 6.45) is 0. The molecule has 10 aromatic rings. The van der Waals surface area contributed by atoms with Crippen LogP contribution in [-0.2, 0) is 16.2 Å². The van der Waals surface area contributed by atoms with E-state index in [4.69, 9.17) is 4.42 Å². The molecule has 0 aliphatic carbocycles. The van der Waals surface area contributed by atoms with Gasteiger partial charge in [-0.25, -0.2) is 0 Å². The van der Waals surface area contributed by atoms with Gasteiger partial charge in [0.1, 0.15) is 11.2 Å². The number of rotatable bonds is 2. The van der Waals surface area contributed by atoms with Gasteiger partial charge in [-0.1, -0.05) is 141 Å². The van der Waals surface area contributed by atoms with Crippen molar-refractivity contribution < 1.29 is 4.42 Å². The van der Waals surface area contributed by atoms with Gasteiger partial charge in [-0.15, -0.1) is 0 Å². The molecular formula is C56H50BN3O. The van der Waals surface area contributed by atoms with E-state index in [0.717, 1.165) is 33.7 Å². The molecule has 0 saturated heterocycles. The van der Waals surface area contributed by atoms with Crippen LogP contribution in [0.15, 0.2) is 144 Å². The van der Waals surface area contributed by atoms with Gasteiger partial charge in [-0.3, -0.25) is 0 Å². The number of benzene rings is 7. The SMILES string of the molecule is CC(C)(C)c1ccc(N2c3cc(C(C)(C)C)cc4c3B(c3oc5ccc(C(C)(C)C)cc5c32)n2c3ccc5c(c6ccccc6n5-c5ccccc5)c3c3cccc-4c32)cc1. The molecule has 5 heterocycles. The number of anilines is 3. The molecular weight excluding hydrogens is 741 g/mol. The predicted octanol–water partition coefficient (Wildman–Crippen LogP) is 13.9. The van der Waals surface area contributed by atoms with Crippen molar-refractivity contribution in [3.8, 4) is 16.8 Å². The van der Waals surface area contributed by atoms with Gasteiger partial charge >= 0.3 is 6.85 Å². The third-order valence-corrected chi connectivity index (χ3v) is 13.7. The van der Waals surface area contributed by atoms with Crippen molar-refractivity contribution in [1.29, 1.82) is 0 Å². The topological polar surface area (TPSA) is 26.2 Å². The van der Waals surface area contributed by atoms with Crippen molar-refractivity contribution in [3.05, 3.63) is 156 Å². The second kappa shape index (κ2) is 12.1. The summed E-state index contributed by atoms with van der Waals surface area (Å²) in [6, 6.07) is 52.6. The molecule has 5 heteroatoms. The van der Waals surface area contributed by atoms with Crippen LogP contribution in [0.25, 0.3) is 71.4 Å². The summed E-state index contributed by atoms with van der Waals surface area (Å²) in [5.41, 5.74) is 19.2. The lowest BCUT2D eigenvalue weighted by Crippen LogP contribution is -2.56. The van der Waals surface area contributed by atoms with Crippen LogP contribution in [0.2, 0.25) is 0 Å². The van der Waals surface area contributed by atoms with Gasteiger partial charge in [0.05, 0.1) is 16.7 Å². The molecule has 0 saturated carbocycles. The maximum absolute atomic E-state index is 7.35. The first-order valence-corrected chi connectivity index (χ1v) is 21.9. The van der Waals surface area contributed by atoms with Gasteiger partial charge in [-0.2, -0.15) is 0 Å². The molecule has 0 spiro atoms. The Bertz CT molecular complexity index is 3470. The van der Waals surface area contributed by atoms with Crippen LogP contribution >= 0.6 is 0 Å². The number of furan rings is 1. The molecule has 3 aromatic heterocycles. The van der Waals surface area contributed by atoms with Gasteiger partial charge < -0.3 is 18.4 Å². The van der Waals surface area contributed by atoms with Crippen LogP contribution in [0.5, 0.6) is 0 Å². The van der Waals surface area contributed by atoms with Gasteiger partial charge in [0.15, 0.2) is 0 Å². The molecule has 4 nitrogen and oxygen atoms in total. The number of nitrogens with zero attached hydrogens (tertiary/aromatic N) is 3. The Kier molecular flexibility index (Phi) is 7.22. The normalized spacial score (nSPS) is 13.9. The van der Waals surface area contributed by atoms with E-state index in [-0.39, 0.29) is 23.1 Å². The fourth-order valence-corrected chi connectivity index (χ4v) is 10.6. The van der Waals surface area contributed by atoms with Gasteiger partial charge in [0, 0.05) is 60.6 Å². The Morgan fingerprint density at radius 1 is 0.475 bits per heavy atom. The highest BCUT2D eigenvalue weighted by Gasteiger charge is 2.47. The lowest BCUT2D eigenvalue weighted by Gasteiger charge is -2.39. The molecule has 12 rings (SSSR count). The lowest BCUT2D eigenvalue weighted by atomic mass is 9.47. The zero-order chi connectivity index (χ0) is 41.9. The largest absolute Gasteiger partial charge is 0.466 e. The number of fused-ring (bicyclic) bond motifs is 13. The Balaban J connectivity index is 1.25. The van der Waals surface area contributed by atoms with Crippen LogP contribution in [-0.4, -0.2) is 15.9 Å². The minimum absolute atomic E-state index is 0.0342. The van der Waals surface area contributed by atoms with Crippen molar-refractivity contribution in [2.24, 2.45) is 0 Å². The highest BCUT2D eigenvalue weighted by atomic mass is 16.3. The van der Waals surface area contributed by atoms with Crippen LogP contribution in [0.1, 0.15) is 79.0 Å². The second-order valence-electron chi connectivity index (χ2n) is 20.6. The number of hydrogen-bond donors (Lipinski definition) is 0. The van der Waals surface area contributed by atoms with Crippen LogP contribution in [0, 0.1) is 0 Å². The van der Waals surface area contributed by atoms with E-state index in [9.17, 15) is 0 Å². The molecule has 2 aliphatic rings. The van der Waals surface area contributed by atoms with Crippen LogP contribution in [0.4, 0.5) is 17.1 Å². The summed E-state index contributed by atoms with van der Waals surface area (Å²) < 4.78 is 12.4. The quantitative estimate of drug-likeness (QED) is 0.163. The summed E-state index contributed by atoms with van der Waals surface area (Å²) in [6.45, 7) is 20.6. The van der Waals surface area contributed by atoms with E-state index in [1.807, 2.05) is 0 Å². The third kappa shape index (κ3) is 5.01. The standard InChI is InChI=1S/C56H50BN3O/c1-54(2,3)33-22-25-37(26-23-33)59-46-32-35(56(7,8)9)31-41-38-19-15-20-40-49-45(28-27-44-48(49)39-18-13-14-21-43(39)58(44)36-16-11-10-12-17-36)60(51(38)40)57(50(41)46)53-52(59)42-30-34(55(4,5)6)24-29-47(42)61-53/h10-32H,1-9H3. The fraction of sp³-hybridized carbons (Fsp3) is 0.214. The zero-order valence-electron chi connectivity index (χ0n) is 36.6. The average molecular weight is 792 g/mol. The van der Waals surface area contributed by atoms with Crippen LogP contribution in [0.3, 0.4) is 0 Å². The van der Waals surface area contributed by atoms with E-state index in [2.05, 4.69) is 216 Å². The molecule has 2 aliphatic heterocycles. The Hall–Kier alpha value is -6.46. The third-order valence-electron chi connectivity index (χ3n) is 13.7. The number of para-hydroxylation sites is 3. The molecule has 0 amide bonds. The molecule has 0 unspecified atom stereocenters. The Labute approximate surface area is 358 Å². The van der Waals surface area contributed by atoms with Crippen molar-refractivity contribution >= 4 is 89.6 Å². The van der Waals surface area contributed by atoms with E-state index in [1.165, 1.54) is 82.6 Å². The monoisotopic (exact) mass is 791 g/mol.